The number of halogens is 1. The topological polar surface area (TPSA) is 185 Å². The summed E-state index contributed by atoms with van der Waals surface area (Å²) < 4.78 is 18.7. The van der Waals surface area contributed by atoms with Crippen molar-refractivity contribution in [2.75, 3.05) is 13.2 Å². The molecule has 1 unspecified atom stereocenters. The summed E-state index contributed by atoms with van der Waals surface area (Å²) in [5.41, 5.74) is 1.07. The van der Waals surface area contributed by atoms with Crippen molar-refractivity contribution in [3.05, 3.63) is 47.8 Å². The van der Waals surface area contributed by atoms with Gasteiger partial charge in [-0.25, -0.2) is 28.3 Å². The van der Waals surface area contributed by atoms with Crippen LogP contribution in [0.4, 0.5) is 14.0 Å². The van der Waals surface area contributed by atoms with E-state index in [1.54, 1.807) is 0 Å². The third-order valence-corrected chi connectivity index (χ3v) is 4.92. The summed E-state index contributed by atoms with van der Waals surface area (Å²) >= 11 is 0. The molecule has 0 spiro atoms. The molecule has 14 heteroatoms. The Hall–Kier alpha value is -4.23. The van der Waals surface area contributed by atoms with Crippen molar-refractivity contribution in [3.63, 3.8) is 0 Å². The fourth-order valence-corrected chi connectivity index (χ4v) is 3.09. The number of carbonyl (C=O) groups excluding carboxylic acids is 2. The van der Waals surface area contributed by atoms with Crippen molar-refractivity contribution in [2.24, 2.45) is 0 Å². The van der Waals surface area contributed by atoms with Gasteiger partial charge in [-0.15, -0.1) is 5.10 Å². The van der Waals surface area contributed by atoms with Crippen LogP contribution in [0.3, 0.4) is 0 Å². The molecule has 36 heavy (non-hydrogen) atoms. The van der Waals surface area contributed by atoms with Gasteiger partial charge in [0.25, 0.3) is 0 Å². The van der Waals surface area contributed by atoms with Crippen LogP contribution in [-0.4, -0.2) is 74.6 Å². The predicted molar refractivity (Wildman–Crippen MR) is 123 cm³/mol. The summed E-state index contributed by atoms with van der Waals surface area (Å²) in [4.78, 5) is 46.9. The number of alkyl carbamates (subject to hydrolysis) is 1. The summed E-state index contributed by atoms with van der Waals surface area (Å²) in [6, 6.07) is 5.50. The maximum absolute atomic E-state index is 12.4. The Kier molecular flexibility index (Phi) is 11.6. The highest BCUT2D eigenvalue weighted by atomic mass is 19.1. The number of ether oxygens (including phenoxy) is 1. The first-order valence-corrected chi connectivity index (χ1v) is 11.2. The van der Waals surface area contributed by atoms with Gasteiger partial charge in [0.15, 0.2) is 0 Å². The van der Waals surface area contributed by atoms with Crippen LogP contribution in [0.5, 0.6) is 0 Å². The molecule has 0 fully saturated rings. The van der Waals surface area contributed by atoms with E-state index < -0.39 is 42.8 Å². The van der Waals surface area contributed by atoms with Crippen LogP contribution in [0.1, 0.15) is 30.5 Å². The van der Waals surface area contributed by atoms with Crippen LogP contribution in [-0.2, 0) is 33.9 Å². The summed E-state index contributed by atoms with van der Waals surface area (Å²) in [6.07, 6.45) is 1.38. The van der Waals surface area contributed by atoms with E-state index in [2.05, 4.69) is 26.3 Å². The summed E-state index contributed by atoms with van der Waals surface area (Å²) in [6.45, 7) is -0.337. The lowest BCUT2D eigenvalue weighted by molar-refractivity contribution is -0.139. The Morgan fingerprint density at radius 2 is 1.72 bits per heavy atom. The third-order valence-electron chi connectivity index (χ3n) is 4.92. The Morgan fingerprint density at radius 3 is 2.39 bits per heavy atom. The van der Waals surface area contributed by atoms with Crippen molar-refractivity contribution in [1.82, 2.24) is 30.9 Å². The van der Waals surface area contributed by atoms with E-state index in [1.165, 1.54) is 10.9 Å². The van der Waals surface area contributed by atoms with Crippen molar-refractivity contribution in [1.29, 1.82) is 0 Å². The number of carbonyl (C=O) groups is 4. The van der Waals surface area contributed by atoms with Crippen molar-refractivity contribution in [3.8, 4) is 0 Å². The molecule has 0 saturated heterocycles. The number of carboxylic acid groups (broad SMARTS) is 2. The molecular weight excluding hydrogens is 479 g/mol. The lowest BCUT2D eigenvalue weighted by Crippen LogP contribution is -2.51. The van der Waals surface area contributed by atoms with Gasteiger partial charge in [-0.05, 0) is 24.8 Å². The predicted octanol–water partition coefficient (Wildman–Crippen LogP) is 1.09. The second-order valence-electron chi connectivity index (χ2n) is 7.75. The molecule has 2 aromatic rings. The van der Waals surface area contributed by atoms with Gasteiger partial charge >= 0.3 is 24.1 Å². The molecule has 0 bridgehead atoms. The van der Waals surface area contributed by atoms with Gasteiger partial charge in [-0.3, -0.25) is 0 Å². The number of rotatable bonds is 15. The molecule has 3 amide bonds. The number of nitrogens with zero attached hydrogens (tertiary/aromatic N) is 3. The molecule has 196 valence electrons. The van der Waals surface area contributed by atoms with Crippen LogP contribution < -0.4 is 16.0 Å². The summed E-state index contributed by atoms with van der Waals surface area (Å²) in [5.74, 6) is -2.65. The number of aliphatic carboxylic acids is 2. The largest absolute Gasteiger partial charge is 0.480 e. The fourth-order valence-electron chi connectivity index (χ4n) is 3.09. The second kappa shape index (κ2) is 14.9. The molecule has 1 heterocycles. The minimum atomic E-state index is -1.40. The number of hydrogen-bond acceptors (Lipinski definition) is 7. The van der Waals surface area contributed by atoms with Gasteiger partial charge in [0.2, 0.25) is 0 Å². The molecular formula is C22H29FN6O7. The minimum Gasteiger partial charge on any atom is -0.480 e. The molecule has 13 nitrogen and oxygen atoms in total. The summed E-state index contributed by atoms with van der Waals surface area (Å²) in [5, 5.41) is 33.1. The van der Waals surface area contributed by atoms with Crippen LogP contribution in [0.15, 0.2) is 36.5 Å². The Balaban J connectivity index is 1.71. The van der Waals surface area contributed by atoms with Gasteiger partial charge in [0.1, 0.15) is 25.4 Å². The lowest BCUT2D eigenvalue weighted by Gasteiger charge is -2.18. The monoisotopic (exact) mass is 508 g/mol. The number of alkyl halides is 1. The number of hydrogen-bond donors (Lipinski definition) is 5. The number of benzene rings is 1. The molecule has 0 aliphatic rings. The summed E-state index contributed by atoms with van der Waals surface area (Å²) in [7, 11) is 0. The number of urea groups is 1. The van der Waals surface area contributed by atoms with Gasteiger partial charge in [0, 0.05) is 19.2 Å². The average molecular weight is 509 g/mol. The molecule has 1 aromatic heterocycles. The quantitative estimate of drug-likeness (QED) is 0.220. The number of unbranched alkanes of at least 4 members (excludes halogenated alkanes) is 1. The molecule has 2 atom stereocenters. The van der Waals surface area contributed by atoms with E-state index in [9.17, 15) is 33.8 Å². The van der Waals surface area contributed by atoms with Gasteiger partial charge < -0.3 is 30.9 Å². The highest BCUT2D eigenvalue weighted by molar-refractivity contribution is 5.86. The molecule has 0 radical (unpaired) electrons. The van der Waals surface area contributed by atoms with Crippen molar-refractivity contribution >= 4 is 24.1 Å². The molecule has 0 aliphatic heterocycles. The number of carboxylic acids is 2. The molecule has 5 N–H and O–H groups in total. The van der Waals surface area contributed by atoms with E-state index in [0.717, 1.165) is 5.56 Å². The smallest absolute Gasteiger partial charge is 0.407 e. The number of nitrogens with one attached hydrogen (secondary N) is 3. The van der Waals surface area contributed by atoms with Crippen LogP contribution in [0.2, 0.25) is 0 Å². The Morgan fingerprint density at radius 1 is 1.03 bits per heavy atom. The molecule has 2 rings (SSSR count). The SMILES string of the molecule is O=C(NC(Cc1cn(CCF)nn1)C(=O)O)N[C@@H](CCCCNC(=O)OCc1ccccc1)C(=O)O. The first kappa shape index (κ1) is 28.0. The Labute approximate surface area is 206 Å². The van der Waals surface area contributed by atoms with E-state index in [-0.39, 0.29) is 38.2 Å². The van der Waals surface area contributed by atoms with Crippen molar-refractivity contribution in [2.45, 2.75) is 50.9 Å². The Bertz CT molecular complexity index is 1000. The highest BCUT2D eigenvalue weighted by Crippen LogP contribution is 2.04. The average Bonchev–Trinajstić information content (AvgIpc) is 3.29. The standard InChI is InChI=1S/C22H29FN6O7/c23-9-11-29-13-16(27-28-29)12-18(20(32)33)26-21(34)25-17(19(30)31)8-4-5-10-24-22(35)36-14-15-6-2-1-3-7-15/h1-3,6-7,13,17-18H,4-5,8-12,14H2,(H,24,35)(H,30,31)(H,32,33)(H2,25,26,34)/t17-,18?/m0/s1. The van der Waals surface area contributed by atoms with Crippen LogP contribution in [0.25, 0.3) is 0 Å². The zero-order chi connectivity index (χ0) is 26.3. The first-order chi connectivity index (χ1) is 17.3. The zero-order valence-electron chi connectivity index (χ0n) is 19.4. The number of aromatic nitrogens is 3. The maximum atomic E-state index is 12.4. The van der Waals surface area contributed by atoms with Crippen LogP contribution in [0, 0.1) is 0 Å². The van der Waals surface area contributed by atoms with E-state index in [1.807, 2.05) is 30.3 Å². The number of amides is 3. The molecule has 0 saturated carbocycles. The van der Waals surface area contributed by atoms with E-state index >= 15 is 0 Å². The molecule has 1 aromatic carbocycles. The minimum absolute atomic E-state index is 0.0384. The van der Waals surface area contributed by atoms with Gasteiger partial charge in [0.05, 0.1) is 12.2 Å². The second-order valence-corrected chi connectivity index (χ2v) is 7.75. The van der Waals surface area contributed by atoms with Crippen molar-refractivity contribution < 1.29 is 38.5 Å². The van der Waals surface area contributed by atoms with Crippen LogP contribution >= 0.6 is 0 Å². The molecule has 0 aliphatic carbocycles. The van der Waals surface area contributed by atoms with Gasteiger partial charge in [-0.1, -0.05) is 35.5 Å². The fraction of sp³-hybridized carbons (Fsp3) is 0.455. The normalized spacial score (nSPS) is 12.2. The van der Waals surface area contributed by atoms with E-state index in [4.69, 9.17) is 4.74 Å². The zero-order valence-corrected chi connectivity index (χ0v) is 19.4. The highest BCUT2D eigenvalue weighted by Gasteiger charge is 2.25. The maximum Gasteiger partial charge on any atom is 0.407 e. The first-order valence-electron chi connectivity index (χ1n) is 11.2. The number of aryl methyl sites for hydroxylation is 1. The van der Waals surface area contributed by atoms with Gasteiger partial charge in [-0.2, -0.15) is 0 Å². The third kappa shape index (κ3) is 10.4. The lowest BCUT2D eigenvalue weighted by atomic mass is 10.1. The van der Waals surface area contributed by atoms with E-state index in [0.29, 0.717) is 12.8 Å².